The van der Waals surface area contributed by atoms with Crippen molar-refractivity contribution >= 4 is 11.9 Å². The molecule has 0 aromatic heterocycles. The molecule has 1 aliphatic heterocycles. The fourth-order valence-corrected chi connectivity index (χ4v) is 2.72. The first kappa shape index (κ1) is 16.5. The van der Waals surface area contributed by atoms with Gasteiger partial charge in [-0.3, -0.25) is 9.59 Å². The van der Waals surface area contributed by atoms with E-state index in [0.29, 0.717) is 25.3 Å². The molecule has 1 atom stereocenters. The van der Waals surface area contributed by atoms with E-state index in [4.69, 9.17) is 9.84 Å². The zero-order chi connectivity index (χ0) is 16.3. The Morgan fingerprint density at radius 1 is 1.32 bits per heavy atom. The molecular formula is C17H23NO4. The summed E-state index contributed by atoms with van der Waals surface area (Å²) in [6.45, 7) is 7.42. The van der Waals surface area contributed by atoms with Crippen LogP contribution in [-0.4, -0.2) is 47.7 Å². The summed E-state index contributed by atoms with van der Waals surface area (Å²) in [7, 11) is 0. The molecule has 0 aliphatic carbocycles. The van der Waals surface area contributed by atoms with E-state index in [1.165, 1.54) is 0 Å². The third-order valence-corrected chi connectivity index (χ3v) is 3.79. The number of carboxylic acid groups (broad SMARTS) is 1. The lowest BCUT2D eigenvalue weighted by Crippen LogP contribution is -2.46. The third-order valence-electron chi connectivity index (χ3n) is 3.79. The van der Waals surface area contributed by atoms with Gasteiger partial charge in [-0.15, -0.1) is 0 Å². The van der Waals surface area contributed by atoms with Gasteiger partial charge in [0.2, 0.25) is 0 Å². The van der Waals surface area contributed by atoms with Crippen LogP contribution in [0, 0.1) is 0 Å². The Hall–Kier alpha value is -1.88. The van der Waals surface area contributed by atoms with Crippen LogP contribution >= 0.6 is 0 Å². The number of carbonyl (C=O) groups is 2. The zero-order valence-electron chi connectivity index (χ0n) is 13.3. The minimum absolute atomic E-state index is 0.0517. The number of rotatable bonds is 3. The molecule has 1 aromatic rings. The number of carboxylic acids is 1. The normalized spacial score (nSPS) is 19.0. The second kappa shape index (κ2) is 6.48. The first-order valence-corrected chi connectivity index (χ1v) is 7.51. The second-order valence-corrected chi connectivity index (χ2v) is 6.64. The molecule has 5 nitrogen and oxygen atoms in total. The molecule has 1 aliphatic rings. The van der Waals surface area contributed by atoms with Crippen LogP contribution in [0.1, 0.15) is 43.1 Å². The van der Waals surface area contributed by atoms with Gasteiger partial charge in [0.25, 0.3) is 5.91 Å². The number of hydrogen-bond acceptors (Lipinski definition) is 3. The number of aliphatic carboxylic acids is 1. The summed E-state index contributed by atoms with van der Waals surface area (Å²) in [6.07, 6.45) is -0.512. The molecule has 1 N–H and O–H groups in total. The minimum Gasteiger partial charge on any atom is -0.481 e. The Kier molecular flexibility index (Phi) is 4.86. The largest absolute Gasteiger partial charge is 0.481 e. The highest BCUT2D eigenvalue weighted by molar-refractivity contribution is 5.96. The van der Waals surface area contributed by atoms with Gasteiger partial charge < -0.3 is 14.7 Å². The predicted molar refractivity (Wildman–Crippen MR) is 83.0 cm³/mol. The van der Waals surface area contributed by atoms with Crippen molar-refractivity contribution in [2.75, 3.05) is 19.7 Å². The Balaban J connectivity index is 2.20. The van der Waals surface area contributed by atoms with Crippen molar-refractivity contribution in [1.82, 2.24) is 4.90 Å². The third kappa shape index (κ3) is 3.85. The number of nitrogens with zero attached hydrogens (tertiary/aromatic N) is 1. The molecule has 5 heteroatoms. The summed E-state index contributed by atoms with van der Waals surface area (Å²) in [5.74, 6) is -0.960. The lowest BCUT2D eigenvalue weighted by atomic mass is 9.83. The van der Waals surface area contributed by atoms with Crippen molar-refractivity contribution in [2.24, 2.45) is 0 Å². The van der Waals surface area contributed by atoms with E-state index in [-0.39, 0.29) is 17.7 Å². The van der Waals surface area contributed by atoms with Gasteiger partial charge in [0.15, 0.2) is 0 Å². The summed E-state index contributed by atoms with van der Waals surface area (Å²) >= 11 is 0. The van der Waals surface area contributed by atoms with Crippen LogP contribution in [-0.2, 0) is 14.9 Å². The smallest absolute Gasteiger partial charge is 0.306 e. The number of benzene rings is 1. The summed E-state index contributed by atoms with van der Waals surface area (Å²) in [5, 5.41) is 8.87. The maximum absolute atomic E-state index is 12.8. The SMILES string of the molecule is CC(C)(C)c1ccccc1C(=O)N1CCO[C@H](CC(=O)O)C1. The van der Waals surface area contributed by atoms with E-state index in [1.54, 1.807) is 4.90 Å². The molecule has 1 aromatic carbocycles. The first-order valence-electron chi connectivity index (χ1n) is 7.51. The van der Waals surface area contributed by atoms with Gasteiger partial charge in [0, 0.05) is 18.7 Å². The van der Waals surface area contributed by atoms with Crippen LogP contribution in [0.25, 0.3) is 0 Å². The number of carbonyl (C=O) groups excluding carboxylic acids is 1. The van der Waals surface area contributed by atoms with Gasteiger partial charge in [-0.05, 0) is 17.0 Å². The highest BCUT2D eigenvalue weighted by Gasteiger charge is 2.29. The molecule has 1 heterocycles. The topological polar surface area (TPSA) is 66.8 Å². The zero-order valence-corrected chi connectivity index (χ0v) is 13.3. The Bertz CT molecular complexity index is 562. The quantitative estimate of drug-likeness (QED) is 0.930. The van der Waals surface area contributed by atoms with Crippen LogP contribution in [0.15, 0.2) is 24.3 Å². The minimum atomic E-state index is -0.908. The maximum atomic E-state index is 12.8. The van der Waals surface area contributed by atoms with Gasteiger partial charge in [0.05, 0.1) is 19.1 Å². The van der Waals surface area contributed by atoms with Crippen molar-refractivity contribution in [1.29, 1.82) is 0 Å². The summed E-state index contributed by atoms with van der Waals surface area (Å²) in [6, 6.07) is 7.61. The number of amides is 1. The molecule has 0 bridgehead atoms. The van der Waals surface area contributed by atoms with Crippen LogP contribution in [0.3, 0.4) is 0 Å². The van der Waals surface area contributed by atoms with Gasteiger partial charge in [-0.2, -0.15) is 0 Å². The highest BCUT2D eigenvalue weighted by Crippen LogP contribution is 2.27. The second-order valence-electron chi connectivity index (χ2n) is 6.64. The molecule has 0 saturated carbocycles. The van der Waals surface area contributed by atoms with Crippen molar-refractivity contribution in [3.8, 4) is 0 Å². The van der Waals surface area contributed by atoms with E-state index in [1.807, 2.05) is 24.3 Å². The fraction of sp³-hybridized carbons (Fsp3) is 0.529. The predicted octanol–water partition coefficient (Wildman–Crippen LogP) is 2.30. The van der Waals surface area contributed by atoms with Crippen LogP contribution < -0.4 is 0 Å². The summed E-state index contributed by atoms with van der Waals surface area (Å²) < 4.78 is 5.43. The van der Waals surface area contributed by atoms with Crippen molar-refractivity contribution in [3.05, 3.63) is 35.4 Å². The summed E-state index contributed by atoms with van der Waals surface area (Å²) in [5.41, 5.74) is 1.56. The Morgan fingerprint density at radius 3 is 2.64 bits per heavy atom. The lowest BCUT2D eigenvalue weighted by Gasteiger charge is -2.33. The molecule has 0 spiro atoms. The van der Waals surface area contributed by atoms with Crippen molar-refractivity contribution in [3.63, 3.8) is 0 Å². The number of morpholine rings is 1. The lowest BCUT2D eigenvalue weighted by molar-refractivity contribution is -0.141. The molecule has 22 heavy (non-hydrogen) atoms. The monoisotopic (exact) mass is 305 g/mol. The van der Waals surface area contributed by atoms with Crippen molar-refractivity contribution in [2.45, 2.75) is 38.7 Å². The average Bonchev–Trinajstić information content (AvgIpc) is 2.45. The van der Waals surface area contributed by atoms with Gasteiger partial charge in [0.1, 0.15) is 0 Å². The molecule has 120 valence electrons. The van der Waals surface area contributed by atoms with Gasteiger partial charge in [-0.25, -0.2) is 0 Å². The van der Waals surface area contributed by atoms with E-state index >= 15 is 0 Å². The van der Waals surface area contributed by atoms with Gasteiger partial charge >= 0.3 is 5.97 Å². The standard InChI is InChI=1S/C17H23NO4/c1-17(2,3)14-7-5-4-6-13(14)16(21)18-8-9-22-12(11-18)10-15(19)20/h4-7,12H,8-11H2,1-3H3,(H,19,20)/t12-/m1/s1. The van der Waals surface area contributed by atoms with E-state index in [9.17, 15) is 9.59 Å². The fourth-order valence-electron chi connectivity index (χ4n) is 2.72. The summed E-state index contributed by atoms with van der Waals surface area (Å²) in [4.78, 5) is 25.3. The molecule has 0 radical (unpaired) electrons. The molecule has 1 amide bonds. The van der Waals surface area contributed by atoms with Crippen LogP contribution in [0.4, 0.5) is 0 Å². The number of hydrogen-bond donors (Lipinski definition) is 1. The van der Waals surface area contributed by atoms with E-state index in [0.717, 1.165) is 5.56 Å². The van der Waals surface area contributed by atoms with E-state index in [2.05, 4.69) is 20.8 Å². The van der Waals surface area contributed by atoms with Crippen molar-refractivity contribution < 1.29 is 19.4 Å². The molecular weight excluding hydrogens is 282 g/mol. The van der Waals surface area contributed by atoms with E-state index < -0.39 is 12.1 Å². The first-order chi connectivity index (χ1) is 10.3. The Labute approximate surface area is 130 Å². The van der Waals surface area contributed by atoms with Crippen LogP contribution in [0.2, 0.25) is 0 Å². The molecule has 0 unspecified atom stereocenters. The molecule has 1 saturated heterocycles. The maximum Gasteiger partial charge on any atom is 0.306 e. The molecule has 2 rings (SSSR count). The number of ether oxygens (including phenoxy) is 1. The highest BCUT2D eigenvalue weighted by atomic mass is 16.5. The average molecular weight is 305 g/mol. The Morgan fingerprint density at radius 2 is 2.00 bits per heavy atom. The molecule has 1 fully saturated rings. The van der Waals surface area contributed by atoms with Gasteiger partial charge in [-0.1, -0.05) is 39.0 Å². The van der Waals surface area contributed by atoms with Crippen LogP contribution in [0.5, 0.6) is 0 Å².